The van der Waals surface area contributed by atoms with Crippen LogP contribution >= 0.6 is 9.82 Å². The molecule has 0 unspecified atom stereocenters. The number of aliphatic hydroxyl groups is 1. The molecule has 0 heterocycles. The molecule has 0 aromatic heterocycles. The minimum absolute atomic E-state index is 0.250. The normalized spacial score (nSPS) is 4.40. The second-order valence-electron chi connectivity index (χ2n) is 0.316. The van der Waals surface area contributed by atoms with Gasteiger partial charge >= 0.3 is 27.8 Å². The molecule has 0 fully saturated rings. The molecule has 1 nitrogen and oxygen atoms in total. The summed E-state index contributed by atoms with van der Waals surface area (Å²) in [6, 6.07) is 0. The number of rotatable bonds is 0. The van der Waals surface area contributed by atoms with Crippen molar-refractivity contribution in [1.82, 2.24) is 0 Å². The molecule has 0 amide bonds. The summed E-state index contributed by atoms with van der Waals surface area (Å²) in [7, 11) is 4.17. The van der Waals surface area contributed by atoms with Crippen LogP contribution in [-0.4, -0.2) is 11.7 Å². The first-order valence-corrected chi connectivity index (χ1v) is 5.12. The second-order valence-corrected chi connectivity index (χ2v) is 0.316. The molecule has 0 bridgehead atoms. The molecule has 0 saturated carbocycles. The van der Waals surface area contributed by atoms with Crippen LogP contribution in [0.4, 0.5) is 0 Å². The molecule has 0 atom stereocenters. The SMILES string of the molecule is CCO.[S]=[W]. The molecule has 0 radical (unpaired) electrons. The molecule has 0 rings (SSSR count). The Labute approximate surface area is 46.7 Å². The summed E-state index contributed by atoms with van der Waals surface area (Å²) in [6.07, 6.45) is 0. The van der Waals surface area contributed by atoms with E-state index in [1.165, 1.54) is 18.0 Å². The molecule has 3 heteroatoms. The Morgan fingerprint density at radius 3 is 1.80 bits per heavy atom. The molecule has 0 saturated heterocycles. The third-order valence-electron chi connectivity index (χ3n) is 0. The van der Waals surface area contributed by atoms with Crippen molar-refractivity contribution in [3.05, 3.63) is 0 Å². The molecule has 0 aromatic carbocycles. The van der Waals surface area contributed by atoms with E-state index in [2.05, 4.69) is 9.82 Å². The molecule has 0 spiro atoms. The van der Waals surface area contributed by atoms with E-state index in [4.69, 9.17) is 5.11 Å². The van der Waals surface area contributed by atoms with Gasteiger partial charge in [-0.2, -0.15) is 0 Å². The van der Waals surface area contributed by atoms with E-state index in [0.717, 1.165) is 0 Å². The zero-order valence-electron chi connectivity index (χ0n) is 2.97. The molecule has 32 valence electrons. The van der Waals surface area contributed by atoms with Crippen molar-refractivity contribution in [1.29, 1.82) is 0 Å². The maximum absolute atomic E-state index is 7.57. The molecule has 5 heavy (non-hydrogen) atoms. The van der Waals surface area contributed by atoms with Gasteiger partial charge in [-0.15, -0.1) is 0 Å². The topological polar surface area (TPSA) is 20.2 Å². The van der Waals surface area contributed by atoms with Crippen LogP contribution in [0.2, 0.25) is 0 Å². The van der Waals surface area contributed by atoms with E-state index in [1.54, 1.807) is 6.92 Å². The van der Waals surface area contributed by atoms with Crippen molar-refractivity contribution >= 4 is 9.82 Å². The first-order chi connectivity index (χ1) is 2.41. The zero-order valence-corrected chi connectivity index (χ0v) is 6.72. The van der Waals surface area contributed by atoms with Crippen LogP contribution in [0.5, 0.6) is 0 Å². The Hall–Kier alpha value is 0.868. The van der Waals surface area contributed by atoms with Gasteiger partial charge in [0.15, 0.2) is 0 Å². The van der Waals surface area contributed by atoms with Crippen molar-refractivity contribution in [2.75, 3.05) is 6.61 Å². The summed E-state index contributed by atoms with van der Waals surface area (Å²) < 4.78 is 0. The van der Waals surface area contributed by atoms with Gasteiger partial charge in [-0.25, -0.2) is 0 Å². The minimum atomic E-state index is 0.250. The average molecular weight is 262 g/mol. The standard InChI is InChI=1S/C2H6O.S.W/c1-2-3;;/h3H,2H2,1H3;;. The molecular weight excluding hydrogens is 256 g/mol. The molecule has 0 aromatic rings. The van der Waals surface area contributed by atoms with Gasteiger partial charge in [-0.05, 0) is 6.92 Å². The third-order valence-corrected chi connectivity index (χ3v) is 0. The predicted octanol–water partition coefficient (Wildman–Crippen LogP) is 0.644. The van der Waals surface area contributed by atoms with Crippen LogP contribution in [-0.2, 0) is 18.0 Å². The van der Waals surface area contributed by atoms with Gasteiger partial charge in [0.05, 0.1) is 0 Å². The van der Waals surface area contributed by atoms with Crippen LogP contribution in [0, 0.1) is 0 Å². The van der Waals surface area contributed by atoms with Crippen molar-refractivity contribution < 1.29 is 23.1 Å². The Morgan fingerprint density at radius 1 is 1.80 bits per heavy atom. The van der Waals surface area contributed by atoms with Gasteiger partial charge in [0.2, 0.25) is 0 Å². The van der Waals surface area contributed by atoms with Gasteiger partial charge in [0.1, 0.15) is 0 Å². The van der Waals surface area contributed by atoms with Crippen LogP contribution in [0.1, 0.15) is 6.92 Å². The fraction of sp³-hybridized carbons (Fsp3) is 1.00. The quantitative estimate of drug-likeness (QED) is 0.691. The fourth-order valence-corrected chi connectivity index (χ4v) is 0. The van der Waals surface area contributed by atoms with Crippen molar-refractivity contribution in [3.8, 4) is 0 Å². The summed E-state index contributed by atoms with van der Waals surface area (Å²) in [5, 5.41) is 7.57. The molecule has 0 aliphatic carbocycles. The van der Waals surface area contributed by atoms with E-state index in [0.29, 0.717) is 0 Å². The Kier molecular flexibility index (Phi) is 38.8. The van der Waals surface area contributed by atoms with Gasteiger partial charge < -0.3 is 5.11 Å². The Bertz CT molecular complexity index is 13.6. The summed E-state index contributed by atoms with van der Waals surface area (Å²) in [5.41, 5.74) is 0. The van der Waals surface area contributed by atoms with E-state index in [-0.39, 0.29) is 6.61 Å². The first-order valence-electron chi connectivity index (χ1n) is 1.19. The number of hydrogen-bond acceptors (Lipinski definition) is 2. The van der Waals surface area contributed by atoms with Crippen LogP contribution < -0.4 is 0 Å². The fourth-order valence-electron chi connectivity index (χ4n) is 0. The molecule has 1 N–H and O–H groups in total. The van der Waals surface area contributed by atoms with E-state index in [1.807, 2.05) is 0 Å². The number of aliphatic hydroxyl groups excluding tert-OH is 1. The van der Waals surface area contributed by atoms with Crippen molar-refractivity contribution in [2.24, 2.45) is 0 Å². The van der Waals surface area contributed by atoms with Crippen molar-refractivity contribution in [3.63, 3.8) is 0 Å². The maximum atomic E-state index is 7.57. The third kappa shape index (κ3) is 53.1. The van der Waals surface area contributed by atoms with E-state index >= 15 is 0 Å². The zero-order chi connectivity index (χ0) is 4.71. The predicted molar refractivity (Wildman–Crippen MR) is 20.4 cm³/mol. The number of hydrogen-bond donors (Lipinski definition) is 1. The Morgan fingerprint density at radius 2 is 1.80 bits per heavy atom. The van der Waals surface area contributed by atoms with Gasteiger partial charge in [0.25, 0.3) is 0 Å². The molecule has 0 aliphatic heterocycles. The van der Waals surface area contributed by atoms with E-state index in [9.17, 15) is 0 Å². The summed E-state index contributed by atoms with van der Waals surface area (Å²) in [5.74, 6) is 0. The van der Waals surface area contributed by atoms with Crippen LogP contribution in [0.25, 0.3) is 0 Å². The summed E-state index contributed by atoms with van der Waals surface area (Å²) >= 11 is 1.17. The summed E-state index contributed by atoms with van der Waals surface area (Å²) in [4.78, 5) is 0. The first kappa shape index (κ1) is 9.29. The molecule has 0 aliphatic rings. The van der Waals surface area contributed by atoms with E-state index < -0.39 is 0 Å². The van der Waals surface area contributed by atoms with Gasteiger partial charge in [-0.1, -0.05) is 0 Å². The summed E-state index contributed by atoms with van der Waals surface area (Å²) in [6.45, 7) is 1.93. The monoisotopic (exact) mass is 262 g/mol. The Balaban J connectivity index is 0. The van der Waals surface area contributed by atoms with Gasteiger partial charge in [0, 0.05) is 6.61 Å². The second kappa shape index (κ2) is 20.9. The molecular formula is C2H6OSW. The average Bonchev–Trinajstić information content (AvgIpc) is 1.46. The van der Waals surface area contributed by atoms with Crippen LogP contribution in [0.15, 0.2) is 0 Å². The van der Waals surface area contributed by atoms with Gasteiger partial charge in [-0.3, -0.25) is 0 Å². The van der Waals surface area contributed by atoms with Crippen LogP contribution in [0.3, 0.4) is 0 Å². The van der Waals surface area contributed by atoms with Crippen molar-refractivity contribution in [2.45, 2.75) is 6.92 Å².